The second-order valence-corrected chi connectivity index (χ2v) is 11.5. The lowest BCUT2D eigenvalue weighted by atomic mass is 10.0. The van der Waals surface area contributed by atoms with Crippen LogP contribution >= 0.6 is 0 Å². The van der Waals surface area contributed by atoms with Gasteiger partial charge in [0.05, 0.1) is 11.1 Å². The fourth-order valence-corrected chi connectivity index (χ4v) is 6.57. The first-order valence-electron chi connectivity index (χ1n) is 14.6. The van der Waals surface area contributed by atoms with Gasteiger partial charge in [0.25, 0.3) is 5.91 Å². The molecule has 212 valence electrons. The highest BCUT2D eigenvalue weighted by atomic mass is 19.1. The summed E-state index contributed by atoms with van der Waals surface area (Å²) in [4.78, 5) is 29.4. The average molecular weight is 556 g/mol. The Kier molecular flexibility index (Phi) is 6.63. The van der Waals surface area contributed by atoms with Crippen molar-refractivity contribution in [2.24, 2.45) is 0 Å². The van der Waals surface area contributed by atoms with Crippen LogP contribution in [0.5, 0.6) is 11.5 Å². The first-order valence-corrected chi connectivity index (χ1v) is 14.6. The number of ether oxygens (including phenoxy) is 1. The van der Waals surface area contributed by atoms with Gasteiger partial charge in [0.2, 0.25) is 5.43 Å². The van der Waals surface area contributed by atoms with Crippen molar-refractivity contribution in [3.63, 3.8) is 0 Å². The Labute approximate surface area is 237 Å². The van der Waals surface area contributed by atoms with Gasteiger partial charge >= 0.3 is 0 Å². The van der Waals surface area contributed by atoms with E-state index in [1.165, 1.54) is 6.07 Å². The number of nitrogens with zero attached hydrogens (tertiary/aromatic N) is 2. The number of nitrogens with one attached hydrogen (secondary N) is 3. The van der Waals surface area contributed by atoms with Crippen LogP contribution in [0.1, 0.15) is 42.5 Å². The lowest BCUT2D eigenvalue weighted by molar-refractivity contribution is 0.0949. The van der Waals surface area contributed by atoms with E-state index in [-0.39, 0.29) is 28.4 Å². The summed E-state index contributed by atoms with van der Waals surface area (Å²) < 4.78 is 24.0. The molecule has 3 N–H and O–H groups in total. The topological polar surface area (TPSA) is 87.6 Å². The Morgan fingerprint density at radius 3 is 2.73 bits per heavy atom. The third-order valence-electron chi connectivity index (χ3n) is 8.82. The molecule has 0 saturated carbocycles. The molecule has 4 heterocycles. The van der Waals surface area contributed by atoms with Gasteiger partial charge in [-0.2, -0.15) is 0 Å². The minimum atomic E-state index is -0.576. The molecule has 9 heteroatoms. The van der Waals surface area contributed by atoms with Crippen molar-refractivity contribution in [1.82, 2.24) is 20.1 Å². The second-order valence-electron chi connectivity index (χ2n) is 11.5. The average Bonchev–Trinajstić information content (AvgIpc) is 3.39. The van der Waals surface area contributed by atoms with Crippen molar-refractivity contribution < 1.29 is 13.9 Å². The van der Waals surface area contributed by atoms with Crippen LogP contribution in [0, 0.1) is 5.82 Å². The molecular formula is C32H34FN5O3. The molecule has 0 radical (unpaired) electrons. The van der Waals surface area contributed by atoms with Crippen LogP contribution < -0.4 is 26.1 Å². The second kappa shape index (κ2) is 10.5. The molecule has 41 heavy (non-hydrogen) atoms. The predicted molar refractivity (Wildman–Crippen MR) is 159 cm³/mol. The van der Waals surface area contributed by atoms with Gasteiger partial charge in [0.1, 0.15) is 16.8 Å². The maximum atomic E-state index is 15.8. The van der Waals surface area contributed by atoms with Crippen LogP contribution in [0.3, 0.4) is 0 Å². The SMILES string of the molecule is CN1CCCC1CCNC(=O)c1cn2c3c(c(NC4CCCNC4)c(F)cc3c1=O)Oc1cc3ccccc3cc1-2. The maximum Gasteiger partial charge on any atom is 0.256 e. The number of benzene rings is 3. The monoisotopic (exact) mass is 555 g/mol. The number of rotatable bonds is 6. The summed E-state index contributed by atoms with van der Waals surface area (Å²) >= 11 is 0. The lowest BCUT2D eigenvalue weighted by Gasteiger charge is -2.29. The van der Waals surface area contributed by atoms with E-state index in [0.717, 1.165) is 56.0 Å². The molecule has 3 aromatic carbocycles. The van der Waals surface area contributed by atoms with Gasteiger partial charge in [0, 0.05) is 31.4 Å². The van der Waals surface area contributed by atoms with E-state index in [2.05, 4.69) is 27.9 Å². The zero-order valence-corrected chi connectivity index (χ0v) is 23.1. The van der Waals surface area contributed by atoms with E-state index in [1.54, 1.807) is 6.20 Å². The van der Waals surface area contributed by atoms with E-state index < -0.39 is 17.2 Å². The van der Waals surface area contributed by atoms with Crippen LogP contribution in [0.2, 0.25) is 0 Å². The molecule has 7 rings (SSSR count). The van der Waals surface area contributed by atoms with Crippen LogP contribution in [-0.2, 0) is 0 Å². The van der Waals surface area contributed by atoms with Gasteiger partial charge in [-0.15, -0.1) is 0 Å². The Bertz CT molecular complexity index is 1730. The molecule has 2 saturated heterocycles. The number of halogens is 1. The number of anilines is 1. The van der Waals surface area contributed by atoms with Gasteiger partial charge in [0.15, 0.2) is 17.3 Å². The molecule has 0 aliphatic carbocycles. The molecule has 1 aromatic heterocycles. The van der Waals surface area contributed by atoms with E-state index in [1.807, 2.05) is 41.0 Å². The van der Waals surface area contributed by atoms with E-state index in [9.17, 15) is 9.59 Å². The highest BCUT2D eigenvalue weighted by molar-refractivity contribution is 6.02. The third kappa shape index (κ3) is 4.63. The number of fused-ring (bicyclic) bond motifs is 3. The summed E-state index contributed by atoms with van der Waals surface area (Å²) in [5.74, 6) is -0.228. The van der Waals surface area contributed by atoms with Crippen molar-refractivity contribution in [2.45, 2.75) is 44.2 Å². The lowest BCUT2D eigenvalue weighted by Crippen LogP contribution is -2.38. The fraction of sp³-hybridized carbons (Fsp3) is 0.375. The molecule has 0 spiro atoms. The Morgan fingerprint density at radius 2 is 1.98 bits per heavy atom. The quantitative estimate of drug-likeness (QED) is 0.280. The molecule has 2 atom stereocenters. The largest absolute Gasteiger partial charge is 0.451 e. The highest BCUT2D eigenvalue weighted by Gasteiger charge is 2.30. The normalized spacial score (nSPS) is 20.1. The zero-order chi connectivity index (χ0) is 28.1. The number of carbonyl (C=O) groups is 1. The molecule has 2 unspecified atom stereocenters. The van der Waals surface area contributed by atoms with E-state index in [4.69, 9.17) is 4.74 Å². The van der Waals surface area contributed by atoms with Gasteiger partial charge < -0.3 is 30.2 Å². The third-order valence-corrected chi connectivity index (χ3v) is 8.82. The van der Waals surface area contributed by atoms with E-state index in [0.29, 0.717) is 36.1 Å². The molecule has 8 nitrogen and oxygen atoms in total. The van der Waals surface area contributed by atoms with Crippen molar-refractivity contribution >= 4 is 33.3 Å². The summed E-state index contributed by atoms with van der Waals surface area (Å²) in [6.07, 6.45) is 6.55. The maximum absolute atomic E-state index is 15.8. The van der Waals surface area contributed by atoms with Crippen LogP contribution in [0.25, 0.3) is 27.4 Å². The summed E-state index contributed by atoms with van der Waals surface area (Å²) in [5.41, 5.74) is 0.858. The molecule has 3 aliphatic heterocycles. The number of piperidine rings is 1. The minimum Gasteiger partial charge on any atom is -0.451 e. The number of aromatic nitrogens is 1. The van der Waals surface area contributed by atoms with Gasteiger partial charge in [-0.05, 0) is 81.2 Å². The van der Waals surface area contributed by atoms with Crippen molar-refractivity contribution in [1.29, 1.82) is 0 Å². The van der Waals surface area contributed by atoms with Crippen molar-refractivity contribution in [3.05, 3.63) is 70.3 Å². The van der Waals surface area contributed by atoms with Gasteiger partial charge in [-0.25, -0.2) is 4.39 Å². The van der Waals surface area contributed by atoms with Crippen LogP contribution in [0.15, 0.2) is 53.5 Å². The number of carbonyl (C=O) groups excluding carboxylic acids is 1. The number of amides is 1. The Morgan fingerprint density at radius 1 is 1.15 bits per heavy atom. The zero-order valence-electron chi connectivity index (χ0n) is 23.1. The number of hydrogen-bond donors (Lipinski definition) is 3. The minimum absolute atomic E-state index is 0.0131. The Hall–Kier alpha value is -3.95. The number of pyridine rings is 1. The van der Waals surface area contributed by atoms with Crippen LogP contribution in [0.4, 0.5) is 10.1 Å². The van der Waals surface area contributed by atoms with Gasteiger partial charge in [-0.3, -0.25) is 9.59 Å². The Balaban J connectivity index is 1.34. The standard InChI is InChI=1S/C32H34FN5O3/c1-37-13-5-9-22(37)10-12-35-32(40)24-18-38-26-14-19-6-2-3-7-20(19)15-27(26)41-31-28(36-21-8-4-11-34-17-21)25(33)16-23(29(31)38)30(24)39/h2-3,6-7,14-16,18,21-22,34,36H,4-5,8-13,17H2,1H3,(H,35,40). The molecule has 1 amide bonds. The van der Waals surface area contributed by atoms with Gasteiger partial charge in [-0.1, -0.05) is 24.3 Å². The smallest absolute Gasteiger partial charge is 0.256 e. The predicted octanol–water partition coefficient (Wildman–Crippen LogP) is 4.77. The molecule has 2 fully saturated rings. The fourth-order valence-electron chi connectivity index (χ4n) is 6.57. The van der Waals surface area contributed by atoms with Crippen molar-refractivity contribution in [2.75, 3.05) is 38.5 Å². The number of likely N-dealkylation sites (tertiary alicyclic amines) is 1. The molecule has 4 aromatic rings. The summed E-state index contributed by atoms with van der Waals surface area (Å²) in [7, 11) is 2.10. The first kappa shape index (κ1) is 26.0. The summed E-state index contributed by atoms with van der Waals surface area (Å²) in [6.45, 7) is 3.17. The van der Waals surface area contributed by atoms with Crippen molar-refractivity contribution in [3.8, 4) is 17.2 Å². The molecule has 3 aliphatic rings. The summed E-state index contributed by atoms with van der Waals surface area (Å²) in [6, 6.07) is 13.5. The van der Waals surface area contributed by atoms with Crippen LogP contribution in [-0.4, -0.2) is 60.7 Å². The van der Waals surface area contributed by atoms with E-state index >= 15 is 4.39 Å². The molecule has 0 bridgehead atoms. The first-order chi connectivity index (χ1) is 20.0. The highest BCUT2D eigenvalue weighted by Crippen LogP contribution is 2.46. The summed E-state index contributed by atoms with van der Waals surface area (Å²) in [5, 5.41) is 11.7. The molecular weight excluding hydrogens is 521 g/mol. The number of hydrogen-bond acceptors (Lipinski definition) is 6.